The maximum atomic E-state index is 12.6. The molecule has 0 bridgehead atoms. The third-order valence-electron chi connectivity index (χ3n) is 3.16. The molecule has 0 aromatic heterocycles. The van der Waals surface area contributed by atoms with Crippen molar-refractivity contribution in [3.05, 3.63) is 27.2 Å². The van der Waals surface area contributed by atoms with Crippen molar-refractivity contribution in [2.75, 3.05) is 13.7 Å². The van der Waals surface area contributed by atoms with Gasteiger partial charge in [-0.15, -0.1) is 0 Å². The number of hydrogen-bond acceptors (Lipinski definition) is 4. The van der Waals surface area contributed by atoms with Crippen LogP contribution in [-0.2, 0) is 11.2 Å². The molecule has 2 amide bonds. The lowest BCUT2D eigenvalue weighted by Crippen LogP contribution is -2.45. The smallest absolute Gasteiger partial charge is 0.417 e. The summed E-state index contributed by atoms with van der Waals surface area (Å²) >= 11 is 12.4. The molecule has 120 valence electrons. The van der Waals surface area contributed by atoms with Gasteiger partial charge in [0.2, 0.25) is 0 Å². The molecule has 0 fully saturated rings. The van der Waals surface area contributed by atoms with Gasteiger partial charge in [-0.05, 0) is 32.8 Å². The first-order chi connectivity index (χ1) is 10.2. The largest absolute Gasteiger partial charge is 0.495 e. The number of nitrogens with zero attached hydrogens (tertiary/aromatic N) is 1. The summed E-state index contributed by atoms with van der Waals surface area (Å²) < 4.78 is 10.4. The highest BCUT2D eigenvalue weighted by molar-refractivity contribution is 6.38. The number of hydrogen-bond donors (Lipinski definition) is 0. The topological polar surface area (TPSA) is 55.8 Å². The first kappa shape index (κ1) is 16.9. The van der Waals surface area contributed by atoms with Gasteiger partial charge >= 0.3 is 6.09 Å². The fourth-order valence-corrected chi connectivity index (χ4v) is 2.82. The van der Waals surface area contributed by atoms with Crippen molar-refractivity contribution in [1.29, 1.82) is 0 Å². The van der Waals surface area contributed by atoms with E-state index >= 15 is 0 Å². The number of ether oxygens (including phenoxy) is 2. The number of benzene rings is 1. The minimum Gasteiger partial charge on any atom is -0.495 e. The molecule has 22 heavy (non-hydrogen) atoms. The van der Waals surface area contributed by atoms with Crippen molar-refractivity contribution in [3.63, 3.8) is 0 Å². The van der Waals surface area contributed by atoms with E-state index in [4.69, 9.17) is 32.7 Å². The van der Waals surface area contributed by atoms with E-state index in [1.54, 1.807) is 26.8 Å². The lowest BCUT2D eigenvalue weighted by atomic mass is 9.98. The van der Waals surface area contributed by atoms with E-state index in [2.05, 4.69) is 0 Å². The van der Waals surface area contributed by atoms with E-state index in [1.165, 1.54) is 7.11 Å². The van der Waals surface area contributed by atoms with Gasteiger partial charge in [-0.3, -0.25) is 4.79 Å². The van der Waals surface area contributed by atoms with Crippen LogP contribution in [0.4, 0.5) is 4.79 Å². The normalized spacial score (nSPS) is 14.6. The highest BCUT2D eigenvalue weighted by Gasteiger charge is 2.35. The summed E-state index contributed by atoms with van der Waals surface area (Å²) in [4.78, 5) is 25.8. The molecule has 7 heteroatoms. The Morgan fingerprint density at radius 3 is 2.50 bits per heavy atom. The van der Waals surface area contributed by atoms with Crippen molar-refractivity contribution in [2.24, 2.45) is 0 Å². The number of halogens is 2. The van der Waals surface area contributed by atoms with Crippen LogP contribution in [0.1, 0.15) is 36.7 Å². The standard InChI is InChI=1S/C15H17Cl2NO4/c1-15(2,3)22-14(20)18-6-5-8-9(16)7-10(21-4)12(17)11(8)13(18)19/h7H,5-6H2,1-4H3. The van der Waals surface area contributed by atoms with Gasteiger partial charge < -0.3 is 9.47 Å². The molecule has 0 saturated heterocycles. The number of methoxy groups -OCH3 is 1. The van der Waals surface area contributed by atoms with Crippen molar-refractivity contribution in [1.82, 2.24) is 4.90 Å². The molecule has 0 saturated carbocycles. The maximum absolute atomic E-state index is 12.6. The van der Waals surface area contributed by atoms with Crippen molar-refractivity contribution >= 4 is 35.2 Å². The lowest BCUT2D eigenvalue weighted by molar-refractivity contribution is 0.0233. The summed E-state index contributed by atoms with van der Waals surface area (Å²) in [7, 11) is 1.43. The van der Waals surface area contributed by atoms with Gasteiger partial charge in [-0.2, -0.15) is 0 Å². The van der Waals surface area contributed by atoms with Crippen molar-refractivity contribution in [3.8, 4) is 5.75 Å². The summed E-state index contributed by atoms with van der Waals surface area (Å²) in [5.41, 5.74) is 0.133. The Morgan fingerprint density at radius 2 is 1.95 bits per heavy atom. The zero-order chi connectivity index (χ0) is 16.7. The van der Waals surface area contributed by atoms with Gasteiger partial charge in [0.05, 0.1) is 17.7 Å². The molecular weight excluding hydrogens is 329 g/mol. The maximum Gasteiger partial charge on any atom is 0.417 e. The Labute approximate surface area is 139 Å². The number of carbonyl (C=O) groups is 2. The Bertz CT molecular complexity index is 637. The molecule has 1 aromatic carbocycles. The highest BCUT2D eigenvalue weighted by Crippen LogP contribution is 2.38. The lowest BCUT2D eigenvalue weighted by Gasteiger charge is -2.30. The molecule has 1 aromatic rings. The summed E-state index contributed by atoms with van der Waals surface area (Å²) in [6.45, 7) is 5.41. The Morgan fingerprint density at radius 1 is 1.32 bits per heavy atom. The molecule has 1 aliphatic heterocycles. The van der Waals surface area contributed by atoms with Gasteiger partial charge in [0, 0.05) is 17.6 Å². The third kappa shape index (κ3) is 3.15. The van der Waals surface area contributed by atoms with E-state index in [0.29, 0.717) is 22.8 Å². The Hall–Kier alpha value is -1.46. The molecule has 0 atom stereocenters. The number of imide groups is 1. The van der Waals surface area contributed by atoms with E-state index in [0.717, 1.165) is 4.90 Å². The number of rotatable bonds is 1. The molecule has 0 N–H and O–H groups in total. The van der Waals surface area contributed by atoms with E-state index in [1.807, 2.05) is 0 Å². The van der Waals surface area contributed by atoms with Gasteiger partial charge in [0.25, 0.3) is 5.91 Å². The van der Waals surface area contributed by atoms with Crippen LogP contribution in [0.15, 0.2) is 6.07 Å². The monoisotopic (exact) mass is 345 g/mol. The summed E-state index contributed by atoms with van der Waals surface area (Å²) in [6.07, 6.45) is -0.277. The summed E-state index contributed by atoms with van der Waals surface area (Å²) in [6, 6.07) is 1.57. The zero-order valence-corrected chi connectivity index (χ0v) is 14.3. The van der Waals surface area contributed by atoms with Crippen LogP contribution in [-0.4, -0.2) is 36.2 Å². The molecule has 0 unspecified atom stereocenters. The molecule has 5 nitrogen and oxygen atoms in total. The second-order valence-corrected chi connectivity index (χ2v) is 6.70. The van der Waals surface area contributed by atoms with Gasteiger partial charge in [-0.1, -0.05) is 23.2 Å². The Kier molecular flexibility index (Phi) is 4.59. The second-order valence-electron chi connectivity index (χ2n) is 5.92. The fraction of sp³-hybridized carbons (Fsp3) is 0.467. The first-order valence-corrected chi connectivity index (χ1v) is 7.51. The SMILES string of the molecule is COc1cc(Cl)c2c(c1Cl)C(=O)N(C(=O)OC(C)(C)C)CC2. The van der Waals surface area contributed by atoms with Crippen LogP contribution >= 0.6 is 23.2 Å². The predicted molar refractivity (Wildman–Crippen MR) is 84.0 cm³/mol. The van der Waals surface area contributed by atoms with Crippen LogP contribution in [0.25, 0.3) is 0 Å². The number of fused-ring (bicyclic) bond motifs is 1. The van der Waals surface area contributed by atoms with Gasteiger partial charge in [0.1, 0.15) is 11.4 Å². The van der Waals surface area contributed by atoms with Gasteiger partial charge in [0.15, 0.2) is 0 Å². The van der Waals surface area contributed by atoms with E-state index < -0.39 is 17.6 Å². The molecule has 0 radical (unpaired) electrons. The Balaban J connectivity index is 2.41. The average molecular weight is 346 g/mol. The van der Waals surface area contributed by atoms with Crippen molar-refractivity contribution in [2.45, 2.75) is 32.8 Å². The predicted octanol–water partition coefficient (Wildman–Crippen LogP) is 3.94. The quantitative estimate of drug-likeness (QED) is 0.773. The minimum absolute atomic E-state index is 0.153. The van der Waals surface area contributed by atoms with E-state index in [-0.39, 0.29) is 17.1 Å². The third-order valence-corrected chi connectivity index (χ3v) is 3.87. The van der Waals surface area contributed by atoms with Crippen LogP contribution in [0.3, 0.4) is 0 Å². The van der Waals surface area contributed by atoms with Crippen LogP contribution in [0, 0.1) is 0 Å². The molecule has 1 heterocycles. The molecule has 0 spiro atoms. The first-order valence-electron chi connectivity index (χ1n) is 6.75. The summed E-state index contributed by atoms with van der Waals surface area (Å²) in [5, 5.41) is 0.550. The molecule has 2 rings (SSSR count). The molecular formula is C15H17Cl2NO4. The van der Waals surface area contributed by atoms with Crippen LogP contribution < -0.4 is 4.74 Å². The fourth-order valence-electron chi connectivity index (χ4n) is 2.21. The highest BCUT2D eigenvalue weighted by atomic mass is 35.5. The summed E-state index contributed by atoms with van der Waals surface area (Å²) in [5.74, 6) is -0.230. The average Bonchev–Trinajstić information content (AvgIpc) is 2.40. The van der Waals surface area contributed by atoms with E-state index in [9.17, 15) is 9.59 Å². The van der Waals surface area contributed by atoms with Crippen molar-refractivity contribution < 1.29 is 19.1 Å². The van der Waals surface area contributed by atoms with Gasteiger partial charge in [-0.25, -0.2) is 9.69 Å². The zero-order valence-electron chi connectivity index (χ0n) is 12.8. The van der Waals surface area contributed by atoms with Crippen LogP contribution in [0.2, 0.25) is 10.0 Å². The molecule has 1 aliphatic rings. The minimum atomic E-state index is -0.696. The van der Waals surface area contributed by atoms with Crippen LogP contribution in [0.5, 0.6) is 5.75 Å². The molecule has 0 aliphatic carbocycles. The number of carbonyl (C=O) groups excluding carboxylic acids is 2. The second kappa shape index (κ2) is 5.97. The number of amides is 2.